The van der Waals surface area contributed by atoms with E-state index in [1.54, 1.807) is 12.3 Å². The molecule has 0 radical (unpaired) electrons. The van der Waals surface area contributed by atoms with Gasteiger partial charge < -0.3 is 10.2 Å². The molecule has 0 bridgehead atoms. The topological polar surface area (TPSA) is 64.9 Å². The number of hydrogen-bond acceptors (Lipinski definition) is 4. The van der Waals surface area contributed by atoms with Crippen LogP contribution in [0.4, 0.5) is 5.82 Å². The summed E-state index contributed by atoms with van der Waals surface area (Å²) in [6.45, 7) is 0. The Bertz CT molecular complexity index is 366. The minimum Gasteiger partial charge on any atom is -0.469 e. The lowest BCUT2D eigenvalue weighted by atomic mass is 10.2. The van der Waals surface area contributed by atoms with Crippen molar-refractivity contribution in [2.24, 2.45) is 0 Å². The third kappa shape index (κ3) is 1.84. The highest BCUT2D eigenvalue weighted by atomic mass is 16.3. The number of nitrogens with two attached hydrogens (primary N) is 1. The van der Waals surface area contributed by atoms with Crippen LogP contribution in [-0.2, 0) is 6.42 Å². The molecule has 0 atom stereocenters. The summed E-state index contributed by atoms with van der Waals surface area (Å²) in [5, 5.41) is 7.66. The van der Waals surface area contributed by atoms with Crippen LogP contribution in [0.25, 0.3) is 0 Å². The van der Waals surface area contributed by atoms with Crippen LogP contribution in [0.1, 0.15) is 11.5 Å². The second-order valence-corrected chi connectivity index (χ2v) is 2.71. The van der Waals surface area contributed by atoms with Gasteiger partial charge in [-0.15, -0.1) is 5.10 Å². The van der Waals surface area contributed by atoms with Crippen LogP contribution in [0, 0.1) is 0 Å². The minimum absolute atomic E-state index is 0.434. The first-order chi connectivity index (χ1) is 6.34. The van der Waals surface area contributed by atoms with Crippen LogP contribution in [0.3, 0.4) is 0 Å². The number of nitrogen functional groups attached to an aromatic ring is 1. The molecule has 0 spiro atoms. The summed E-state index contributed by atoms with van der Waals surface area (Å²) in [6, 6.07) is 7.31. The summed E-state index contributed by atoms with van der Waals surface area (Å²) >= 11 is 0. The van der Waals surface area contributed by atoms with Crippen molar-refractivity contribution in [2.75, 3.05) is 5.73 Å². The molecule has 13 heavy (non-hydrogen) atoms. The Kier molecular flexibility index (Phi) is 1.96. The van der Waals surface area contributed by atoms with Crippen molar-refractivity contribution in [1.82, 2.24) is 10.2 Å². The Balaban J connectivity index is 2.15. The lowest BCUT2D eigenvalue weighted by Gasteiger charge is -1.95. The van der Waals surface area contributed by atoms with E-state index in [1.165, 1.54) is 0 Å². The Morgan fingerprint density at radius 2 is 2.15 bits per heavy atom. The van der Waals surface area contributed by atoms with Gasteiger partial charge in [0.05, 0.1) is 12.0 Å². The predicted octanol–water partition coefficient (Wildman–Crippen LogP) is 1.24. The van der Waals surface area contributed by atoms with Gasteiger partial charge >= 0.3 is 0 Å². The number of hydrogen-bond donors (Lipinski definition) is 1. The number of rotatable bonds is 2. The van der Waals surface area contributed by atoms with Crippen LogP contribution < -0.4 is 5.73 Å². The summed E-state index contributed by atoms with van der Waals surface area (Å²) in [5.74, 6) is 1.31. The maximum absolute atomic E-state index is 5.40. The minimum atomic E-state index is 0.434. The van der Waals surface area contributed by atoms with Crippen LogP contribution >= 0.6 is 0 Å². The summed E-state index contributed by atoms with van der Waals surface area (Å²) < 4.78 is 5.17. The van der Waals surface area contributed by atoms with E-state index in [1.807, 2.05) is 18.2 Å². The fraction of sp³-hybridized carbons (Fsp3) is 0.111. The van der Waals surface area contributed by atoms with E-state index in [4.69, 9.17) is 10.2 Å². The first-order valence-electron chi connectivity index (χ1n) is 3.95. The highest BCUT2D eigenvalue weighted by molar-refractivity contribution is 5.26. The van der Waals surface area contributed by atoms with Gasteiger partial charge in [-0.1, -0.05) is 0 Å². The average Bonchev–Trinajstić information content (AvgIpc) is 2.62. The van der Waals surface area contributed by atoms with Gasteiger partial charge in [-0.05, 0) is 24.3 Å². The van der Waals surface area contributed by atoms with Gasteiger partial charge in [0.2, 0.25) is 0 Å². The van der Waals surface area contributed by atoms with Gasteiger partial charge in [0.25, 0.3) is 0 Å². The number of nitrogens with zero attached hydrogens (tertiary/aromatic N) is 2. The van der Waals surface area contributed by atoms with Gasteiger partial charge in [-0.3, -0.25) is 0 Å². The van der Waals surface area contributed by atoms with Gasteiger partial charge in [0, 0.05) is 6.42 Å². The Morgan fingerprint density at radius 1 is 1.23 bits per heavy atom. The Labute approximate surface area is 75.4 Å². The molecule has 2 N–H and O–H groups in total. The monoisotopic (exact) mass is 175 g/mol. The van der Waals surface area contributed by atoms with Gasteiger partial charge in [-0.2, -0.15) is 5.10 Å². The van der Waals surface area contributed by atoms with E-state index in [9.17, 15) is 0 Å². The van der Waals surface area contributed by atoms with E-state index in [0.717, 1.165) is 11.5 Å². The molecule has 0 saturated carbocycles. The van der Waals surface area contributed by atoms with Crippen molar-refractivity contribution < 1.29 is 4.42 Å². The Hall–Kier alpha value is -1.84. The molecule has 0 fully saturated rings. The van der Waals surface area contributed by atoms with Crippen molar-refractivity contribution in [3.05, 3.63) is 42.0 Å². The molecule has 0 unspecified atom stereocenters. The van der Waals surface area contributed by atoms with Crippen molar-refractivity contribution >= 4 is 5.82 Å². The number of furan rings is 1. The third-order valence-corrected chi connectivity index (χ3v) is 1.68. The highest BCUT2D eigenvalue weighted by Gasteiger charge is 1.99. The first-order valence-corrected chi connectivity index (χ1v) is 3.95. The molecular formula is C9H9N3O. The molecule has 2 aromatic rings. The van der Waals surface area contributed by atoms with Crippen molar-refractivity contribution in [1.29, 1.82) is 0 Å². The maximum atomic E-state index is 5.40. The van der Waals surface area contributed by atoms with Crippen LogP contribution in [0.15, 0.2) is 34.9 Å². The van der Waals surface area contributed by atoms with E-state index >= 15 is 0 Å². The maximum Gasteiger partial charge on any atom is 0.146 e. The molecule has 0 aliphatic heterocycles. The molecule has 4 heteroatoms. The summed E-state index contributed by atoms with van der Waals surface area (Å²) in [5.41, 5.74) is 6.25. The predicted molar refractivity (Wildman–Crippen MR) is 48.0 cm³/mol. The van der Waals surface area contributed by atoms with Crippen molar-refractivity contribution in [2.45, 2.75) is 6.42 Å². The smallest absolute Gasteiger partial charge is 0.146 e. The van der Waals surface area contributed by atoms with E-state index in [0.29, 0.717) is 12.2 Å². The van der Waals surface area contributed by atoms with Crippen LogP contribution in [-0.4, -0.2) is 10.2 Å². The standard InChI is InChI=1S/C9H9N3O/c10-9-4-3-7(11-12-9)6-8-2-1-5-13-8/h1-5H,6H2,(H2,10,12). The lowest BCUT2D eigenvalue weighted by Crippen LogP contribution is -1.97. The molecule has 2 aromatic heterocycles. The van der Waals surface area contributed by atoms with Gasteiger partial charge in [0.15, 0.2) is 0 Å². The molecule has 0 amide bonds. The fourth-order valence-corrected chi connectivity index (χ4v) is 1.06. The lowest BCUT2D eigenvalue weighted by molar-refractivity contribution is 0.518. The summed E-state index contributed by atoms with van der Waals surface area (Å²) in [7, 11) is 0. The summed E-state index contributed by atoms with van der Waals surface area (Å²) in [6.07, 6.45) is 2.29. The molecule has 0 aromatic carbocycles. The molecule has 66 valence electrons. The zero-order valence-electron chi connectivity index (χ0n) is 6.97. The van der Waals surface area contributed by atoms with Crippen molar-refractivity contribution in [3.63, 3.8) is 0 Å². The number of anilines is 1. The Morgan fingerprint density at radius 3 is 2.77 bits per heavy atom. The summed E-state index contributed by atoms with van der Waals surface area (Å²) in [4.78, 5) is 0. The van der Waals surface area contributed by atoms with E-state index in [2.05, 4.69) is 10.2 Å². The van der Waals surface area contributed by atoms with Crippen LogP contribution in [0.5, 0.6) is 0 Å². The number of aromatic nitrogens is 2. The SMILES string of the molecule is Nc1ccc(Cc2ccco2)nn1. The second-order valence-electron chi connectivity index (χ2n) is 2.71. The normalized spacial score (nSPS) is 10.2. The van der Waals surface area contributed by atoms with Crippen LogP contribution in [0.2, 0.25) is 0 Å². The molecule has 2 heterocycles. The second kappa shape index (κ2) is 3.26. The van der Waals surface area contributed by atoms with Gasteiger partial charge in [-0.25, -0.2) is 0 Å². The molecule has 2 rings (SSSR count). The zero-order valence-corrected chi connectivity index (χ0v) is 6.97. The third-order valence-electron chi connectivity index (χ3n) is 1.68. The zero-order chi connectivity index (χ0) is 9.10. The molecule has 0 saturated heterocycles. The fourth-order valence-electron chi connectivity index (χ4n) is 1.06. The van der Waals surface area contributed by atoms with Crippen molar-refractivity contribution in [3.8, 4) is 0 Å². The largest absolute Gasteiger partial charge is 0.469 e. The molecule has 0 aliphatic carbocycles. The quantitative estimate of drug-likeness (QED) is 0.745. The molecule has 0 aliphatic rings. The molecule has 4 nitrogen and oxygen atoms in total. The average molecular weight is 175 g/mol. The molecular weight excluding hydrogens is 166 g/mol. The van der Waals surface area contributed by atoms with E-state index < -0.39 is 0 Å². The van der Waals surface area contributed by atoms with E-state index in [-0.39, 0.29) is 0 Å². The first kappa shape index (κ1) is 7.79. The highest BCUT2D eigenvalue weighted by Crippen LogP contribution is 2.07. The van der Waals surface area contributed by atoms with Gasteiger partial charge in [0.1, 0.15) is 11.6 Å².